The molecule has 0 saturated carbocycles. The number of unbranched alkanes of at least 4 members (excludes halogenated alkanes) is 1. The zero-order valence-corrected chi connectivity index (χ0v) is 38.4. The molecular formula is C43H67N13O14. The number of nitrogen functional groups attached to an aromatic ring is 1. The van der Waals surface area contributed by atoms with E-state index in [1.54, 1.807) is 12.1 Å². The predicted molar refractivity (Wildman–Crippen MR) is 255 cm³/mol. The van der Waals surface area contributed by atoms with E-state index in [1.165, 1.54) is 18.2 Å². The van der Waals surface area contributed by atoms with Crippen molar-refractivity contribution >= 4 is 70.6 Å². The van der Waals surface area contributed by atoms with E-state index in [-0.39, 0.29) is 74.9 Å². The highest BCUT2D eigenvalue weighted by atomic mass is 16.6. The number of phenols is 1. The Labute approximate surface area is 403 Å². The Morgan fingerprint density at radius 1 is 0.729 bits per heavy atom. The molecule has 27 heteroatoms. The lowest BCUT2D eigenvalue weighted by molar-refractivity contribution is -0.385. The minimum absolute atomic E-state index is 0. The molecule has 0 aromatic heterocycles. The van der Waals surface area contributed by atoms with E-state index in [4.69, 9.17) is 32.8 Å². The second kappa shape index (κ2) is 32.6. The van der Waals surface area contributed by atoms with Crippen LogP contribution in [0.4, 0.5) is 11.4 Å². The Morgan fingerprint density at radius 2 is 1.27 bits per heavy atom. The predicted octanol–water partition coefficient (Wildman–Crippen LogP) is -1.93. The number of nitro groups is 1. The van der Waals surface area contributed by atoms with Gasteiger partial charge in [-0.25, -0.2) is 4.79 Å². The van der Waals surface area contributed by atoms with E-state index < -0.39 is 120 Å². The summed E-state index contributed by atoms with van der Waals surface area (Å²) in [6.45, 7) is 3.14. The molecule has 0 spiro atoms. The number of rotatable bonds is 28. The highest BCUT2D eigenvalue weighted by molar-refractivity contribution is 6.01. The molecule has 0 saturated heterocycles. The number of anilines is 1. The van der Waals surface area contributed by atoms with Crippen molar-refractivity contribution < 1.29 is 63.4 Å². The number of phenolic OH excluding ortho intramolecular Hbond substituents is 1. The Hall–Kier alpha value is -8.10. The standard InChI is InChI=1S/C40H59N13O12.C2H4O2.CH4/c1-22(2)16-28(49-34(57)21-47-35(58)24-8-3-4-9-25(24)42)38(61)52-27(10-5-6-14-41)37(60)51-26(11-7-15-45-40(43)44)36(59)48-19-32(55)46-20-33(56)50-29(39(62)63)17-23-12-13-31(54)30(18-23)53(64)65;1-2(3)4;/h3-4,8-9,12-13,18,22,26-29,54H,5-7,10-11,14-17,19-21,41-42H2,1-2H3,(H,46,55)(H,47,58)(H,48,59)(H,49,57)(H,50,56)(H,51,60)(H,52,61)(H,62,63)(H4,43,44,45);1H3,(H,3,4);1H4/t26-,27-,28-,29-;;/m0../s1. The zero-order chi connectivity index (χ0) is 52.2. The normalized spacial score (nSPS) is 12.0. The number of benzene rings is 2. The molecule has 70 heavy (non-hydrogen) atoms. The van der Waals surface area contributed by atoms with E-state index in [2.05, 4.69) is 42.2 Å². The average molecular weight is 990 g/mol. The number of carbonyl (C=O) groups excluding carboxylic acids is 7. The van der Waals surface area contributed by atoms with E-state index in [0.29, 0.717) is 12.8 Å². The second-order valence-electron chi connectivity index (χ2n) is 15.6. The van der Waals surface area contributed by atoms with Gasteiger partial charge in [0.1, 0.15) is 24.2 Å². The van der Waals surface area contributed by atoms with Gasteiger partial charge < -0.3 is 75.5 Å². The van der Waals surface area contributed by atoms with Gasteiger partial charge in [-0.1, -0.05) is 39.5 Å². The monoisotopic (exact) mass is 989 g/mol. The number of carboxylic acid groups (broad SMARTS) is 2. The molecule has 27 nitrogen and oxygen atoms in total. The number of para-hydroxylation sites is 1. The summed E-state index contributed by atoms with van der Waals surface area (Å²) in [5.74, 6) is -8.74. The zero-order valence-electron chi connectivity index (χ0n) is 38.4. The molecule has 0 unspecified atom stereocenters. The van der Waals surface area contributed by atoms with Gasteiger partial charge in [-0.3, -0.25) is 53.5 Å². The van der Waals surface area contributed by atoms with Crippen LogP contribution in [0.1, 0.15) is 82.6 Å². The van der Waals surface area contributed by atoms with Gasteiger partial charge in [0.05, 0.1) is 30.1 Å². The topological polar surface area (TPSA) is 458 Å². The average Bonchev–Trinajstić information content (AvgIpc) is 3.26. The third kappa shape index (κ3) is 25.1. The lowest BCUT2D eigenvalue weighted by atomic mass is 10.0. The second-order valence-corrected chi connectivity index (χ2v) is 15.6. The number of aliphatic carboxylic acids is 2. The number of nitro benzene ring substituents is 1. The Bertz CT molecular complexity index is 2150. The fourth-order valence-corrected chi connectivity index (χ4v) is 6.04. The number of aromatic hydroxyl groups is 1. The number of amides is 7. The van der Waals surface area contributed by atoms with Crippen molar-refractivity contribution in [2.75, 3.05) is 38.5 Å². The van der Waals surface area contributed by atoms with E-state index in [9.17, 15) is 58.7 Å². The van der Waals surface area contributed by atoms with Gasteiger partial charge in [0.15, 0.2) is 11.7 Å². The molecule has 0 bridgehead atoms. The summed E-state index contributed by atoms with van der Waals surface area (Å²) in [5.41, 5.74) is 22.2. The molecule has 2 rings (SSSR count). The van der Waals surface area contributed by atoms with Crippen LogP contribution in [-0.4, -0.2) is 136 Å². The molecule has 18 N–H and O–H groups in total. The summed E-state index contributed by atoms with van der Waals surface area (Å²) in [4.78, 5) is 127. The lowest BCUT2D eigenvalue weighted by Crippen LogP contribution is -2.57. The van der Waals surface area contributed by atoms with Crippen LogP contribution < -0.4 is 60.2 Å². The molecule has 2 aromatic carbocycles. The van der Waals surface area contributed by atoms with Crippen LogP contribution >= 0.6 is 0 Å². The maximum absolute atomic E-state index is 13.8. The van der Waals surface area contributed by atoms with Crippen molar-refractivity contribution in [1.82, 2.24) is 37.2 Å². The fraction of sp³-hybridized carbons (Fsp3) is 0.488. The van der Waals surface area contributed by atoms with Gasteiger partial charge >= 0.3 is 11.7 Å². The summed E-state index contributed by atoms with van der Waals surface area (Å²) in [6.07, 6.45) is 0.818. The Kier molecular flexibility index (Phi) is 28.8. The van der Waals surface area contributed by atoms with Crippen LogP contribution in [0.3, 0.4) is 0 Å². The molecule has 0 fully saturated rings. The molecule has 0 aliphatic rings. The number of hydrogen-bond acceptors (Lipinski definition) is 15. The van der Waals surface area contributed by atoms with E-state index >= 15 is 0 Å². The largest absolute Gasteiger partial charge is 0.502 e. The first-order chi connectivity index (χ1) is 32.4. The highest BCUT2D eigenvalue weighted by Crippen LogP contribution is 2.26. The molecule has 0 aliphatic heterocycles. The molecular weight excluding hydrogens is 923 g/mol. The first-order valence-electron chi connectivity index (χ1n) is 21.5. The summed E-state index contributed by atoms with van der Waals surface area (Å²) in [7, 11) is 0. The van der Waals surface area contributed by atoms with Crippen molar-refractivity contribution in [3.05, 3.63) is 63.7 Å². The van der Waals surface area contributed by atoms with E-state index in [0.717, 1.165) is 19.1 Å². The van der Waals surface area contributed by atoms with Crippen LogP contribution in [-0.2, 0) is 44.8 Å². The lowest BCUT2D eigenvalue weighted by Gasteiger charge is -2.26. The number of guanidine groups is 1. The van der Waals surface area contributed by atoms with Crippen LogP contribution in [0.2, 0.25) is 0 Å². The van der Waals surface area contributed by atoms with Crippen molar-refractivity contribution in [2.45, 2.75) is 97.3 Å². The van der Waals surface area contributed by atoms with Crippen molar-refractivity contribution in [2.24, 2.45) is 28.1 Å². The SMILES string of the molecule is C.CC(=O)O.CC(C)C[C@H](NC(=O)CNC(=O)c1ccccc1N)C(=O)N[C@@H](CCCCN)C(=O)N[C@@H](CCCN=C(N)N)C(=O)NCC(=O)NCC(=O)N[C@@H](Cc1ccc(O)c([N+](=O)[O-])c1)C(=O)O. The van der Waals surface area contributed by atoms with Crippen LogP contribution in [0.25, 0.3) is 0 Å². The summed E-state index contributed by atoms with van der Waals surface area (Å²) in [6, 6.07) is 4.23. The minimum atomic E-state index is -1.57. The Balaban J connectivity index is 0.00000914. The molecule has 2 aromatic rings. The number of hydrogen-bond donors (Lipinski definition) is 14. The van der Waals surface area contributed by atoms with Crippen molar-refractivity contribution in [3.63, 3.8) is 0 Å². The van der Waals surface area contributed by atoms with Gasteiger partial charge in [-0.05, 0) is 74.8 Å². The maximum atomic E-state index is 13.8. The van der Waals surface area contributed by atoms with Crippen LogP contribution in [0.15, 0.2) is 47.5 Å². The van der Waals surface area contributed by atoms with Crippen molar-refractivity contribution in [3.8, 4) is 5.75 Å². The molecule has 7 amide bonds. The smallest absolute Gasteiger partial charge is 0.326 e. The van der Waals surface area contributed by atoms with Gasteiger partial charge in [-0.15, -0.1) is 0 Å². The van der Waals surface area contributed by atoms with Gasteiger partial charge in [0, 0.05) is 31.6 Å². The quantitative estimate of drug-likeness (QED) is 0.0110. The number of nitrogens with zero attached hydrogens (tertiary/aromatic N) is 2. The maximum Gasteiger partial charge on any atom is 0.326 e. The van der Waals surface area contributed by atoms with Gasteiger partial charge in [-0.2, -0.15) is 0 Å². The molecule has 0 radical (unpaired) electrons. The number of aliphatic imine (C=N–C) groups is 1. The van der Waals surface area contributed by atoms with Gasteiger partial charge in [0.2, 0.25) is 35.4 Å². The minimum Gasteiger partial charge on any atom is -0.502 e. The van der Waals surface area contributed by atoms with Crippen LogP contribution in [0.5, 0.6) is 5.75 Å². The number of nitrogens with two attached hydrogens (primary N) is 4. The first kappa shape index (κ1) is 61.9. The summed E-state index contributed by atoms with van der Waals surface area (Å²) >= 11 is 0. The summed E-state index contributed by atoms with van der Waals surface area (Å²) in [5, 5.41) is 54.9. The fourth-order valence-electron chi connectivity index (χ4n) is 6.04. The van der Waals surface area contributed by atoms with Crippen LogP contribution in [0, 0.1) is 16.0 Å². The molecule has 0 heterocycles. The highest BCUT2D eigenvalue weighted by Gasteiger charge is 2.30. The number of carboxylic acids is 2. The Morgan fingerprint density at radius 3 is 1.83 bits per heavy atom. The molecule has 4 atom stereocenters. The molecule has 0 aliphatic carbocycles. The third-order valence-corrected chi connectivity index (χ3v) is 9.31. The number of nitrogens with one attached hydrogen (secondary N) is 7. The first-order valence-corrected chi connectivity index (χ1v) is 21.5. The molecule has 388 valence electrons. The van der Waals surface area contributed by atoms with Gasteiger partial charge in [0.25, 0.3) is 11.9 Å². The van der Waals surface area contributed by atoms with Crippen molar-refractivity contribution in [1.29, 1.82) is 0 Å². The third-order valence-electron chi connectivity index (χ3n) is 9.31. The number of carbonyl (C=O) groups is 9. The van der Waals surface area contributed by atoms with E-state index in [1.807, 2.05) is 13.8 Å². The summed E-state index contributed by atoms with van der Waals surface area (Å²) < 4.78 is 0.